The summed E-state index contributed by atoms with van der Waals surface area (Å²) < 4.78 is 2.07. The van der Waals surface area contributed by atoms with E-state index >= 15 is 0 Å². The number of hydrogen-bond donors (Lipinski definition) is 0. The Balaban J connectivity index is 2.55. The van der Waals surface area contributed by atoms with Crippen molar-refractivity contribution in [3.05, 3.63) is 34.5 Å². The van der Waals surface area contributed by atoms with E-state index in [9.17, 15) is 0 Å². The first-order valence-electron chi connectivity index (χ1n) is 6.29. The van der Waals surface area contributed by atoms with E-state index in [0.29, 0.717) is 0 Å². The second kappa shape index (κ2) is 4.40. The molecule has 1 aromatic carbocycles. The molecule has 0 saturated carbocycles. The summed E-state index contributed by atoms with van der Waals surface area (Å²) in [5.74, 6) is 0.739. The molecule has 0 N–H and O–H groups in total. The summed E-state index contributed by atoms with van der Waals surface area (Å²) in [6.45, 7) is 12.8. The highest BCUT2D eigenvalue weighted by atomic mass is 14.9. The molecule has 2 rings (SSSR count). The molecule has 0 fully saturated rings. The third-order valence-electron chi connectivity index (χ3n) is 3.80. The molecule has 1 unspecified atom stereocenters. The van der Waals surface area contributed by atoms with Crippen molar-refractivity contribution in [3.8, 4) is 0 Å². The zero-order chi connectivity index (χ0) is 12.6. The standard InChI is InChI=1S/C16H21N/c1-6-11(2)9-14-7-8-15-12(3)17(5)13(4)16(15)10-14/h7-8,10-11H,3-4,6,9H2,1-2,5H3. The van der Waals surface area contributed by atoms with Crippen LogP contribution in [0.3, 0.4) is 0 Å². The zero-order valence-corrected chi connectivity index (χ0v) is 11.1. The molecule has 17 heavy (non-hydrogen) atoms. The average molecular weight is 227 g/mol. The van der Waals surface area contributed by atoms with Crippen molar-refractivity contribution < 1.29 is 0 Å². The van der Waals surface area contributed by atoms with Crippen molar-refractivity contribution in [2.24, 2.45) is 13.0 Å². The average Bonchev–Trinajstić information content (AvgIpc) is 2.54. The molecule has 1 heterocycles. The molecule has 2 aromatic rings. The maximum absolute atomic E-state index is 4.13. The molecule has 0 aliphatic heterocycles. The minimum absolute atomic E-state index is 0.739. The molecule has 1 nitrogen and oxygen atoms in total. The number of benzene rings is 1. The van der Waals surface area contributed by atoms with Crippen molar-refractivity contribution in [3.63, 3.8) is 0 Å². The maximum Gasteiger partial charge on any atom is 0.0415 e. The second-order valence-corrected chi connectivity index (χ2v) is 5.05. The smallest absolute Gasteiger partial charge is 0.0415 e. The fourth-order valence-corrected chi connectivity index (χ4v) is 2.28. The van der Waals surface area contributed by atoms with Gasteiger partial charge in [-0.25, -0.2) is 0 Å². The van der Waals surface area contributed by atoms with E-state index in [-0.39, 0.29) is 0 Å². The lowest BCUT2D eigenvalue weighted by atomic mass is 9.97. The van der Waals surface area contributed by atoms with Gasteiger partial charge in [0.25, 0.3) is 0 Å². The van der Waals surface area contributed by atoms with Crippen LogP contribution in [0.2, 0.25) is 0 Å². The highest BCUT2D eigenvalue weighted by molar-refractivity contribution is 5.84. The van der Waals surface area contributed by atoms with E-state index in [2.05, 4.69) is 49.8 Å². The lowest BCUT2D eigenvalue weighted by molar-refractivity contribution is 0.560. The Labute approximate surface area is 103 Å². The Morgan fingerprint density at radius 1 is 1.18 bits per heavy atom. The van der Waals surface area contributed by atoms with Gasteiger partial charge in [-0.2, -0.15) is 0 Å². The molecule has 1 aromatic heterocycles. The third kappa shape index (κ3) is 2.02. The van der Waals surface area contributed by atoms with Crippen LogP contribution >= 0.6 is 0 Å². The predicted molar refractivity (Wildman–Crippen MR) is 76.4 cm³/mol. The monoisotopic (exact) mass is 227 g/mol. The van der Waals surface area contributed by atoms with Crippen molar-refractivity contribution in [2.75, 3.05) is 0 Å². The van der Waals surface area contributed by atoms with Gasteiger partial charge in [0.15, 0.2) is 0 Å². The molecule has 0 radical (unpaired) electrons. The first-order valence-corrected chi connectivity index (χ1v) is 6.29. The summed E-state index contributed by atoms with van der Waals surface area (Å²) in [5.41, 5.74) is 1.40. The van der Waals surface area contributed by atoms with Gasteiger partial charge in [-0.3, -0.25) is 0 Å². The van der Waals surface area contributed by atoms with Gasteiger partial charge in [-0.1, -0.05) is 45.6 Å². The summed E-state index contributed by atoms with van der Waals surface area (Å²) in [6, 6.07) is 6.69. The normalized spacial score (nSPS) is 13.1. The van der Waals surface area contributed by atoms with Crippen LogP contribution in [0.4, 0.5) is 0 Å². The van der Waals surface area contributed by atoms with Gasteiger partial charge >= 0.3 is 0 Å². The number of aromatic nitrogens is 1. The van der Waals surface area contributed by atoms with Crippen LogP contribution in [0, 0.1) is 5.92 Å². The van der Waals surface area contributed by atoms with Gasteiger partial charge in [0.2, 0.25) is 0 Å². The zero-order valence-electron chi connectivity index (χ0n) is 11.1. The Bertz CT molecular complexity index is 634. The van der Waals surface area contributed by atoms with Gasteiger partial charge in [-0.05, 0) is 24.0 Å². The Morgan fingerprint density at radius 3 is 2.47 bits per heavy atom. The van der Waals surface area contributed by atoms with E-state index in [1.807, 2.05) is 7.05 Å². The number of nitrogens with zero attached hydrogens (tertiary/aromatic N) is 1. The molecule has 0 saturated heterocycles. The molecule has 1 atom stereocenters. The highest BCUT2D eigenvalue weighted by Gasteiger charge is 2.05. The Kier molecular flexibility index (Phi) is 3.10. The number of hydrogen-bond acceptors (Lipinski definition) is 0. The van der Waals surface area contributed by atoms with E-state index in [1.165, 1.54) is 22.8 Å². The quantitative estimate of drug-likeness (QED) is 0.759. The minimum Gasteiger partial charge on any atom is -0.345 e. The SMILES string of the molecule is C=c1c2ccc(CC(C)CC)cc2c(=C)n1C. The molecule has 0 amide bonds. The number of fused-ring (bicyclic) bond motifs is 1. The molecule has 0 aliphatic rings. The summed E-state index contributed by atoms with van der Waals surface area (Å²) in [4.78, 5) is 0. The molecular formula is C16H21N. The molecular weight excluding hydrogens is 206 g/mol. The van der Waals surface area contributed by atoms with Crippen LogP contribution in [-0.4, -0.2) is 4.57 Å². The van der Waals surface area contributed by atoms with E-state index in [1.54, 1.807) is 0 Å². The van der Waals surface area contributed by atoms with Crippen LogP contribution < -0.4 is 10.7 Å². The lowest BCUT2D eigenvalue weighted by Crippen LogP contribution is -2.20. The van der Waals surface area contributed by atoms with Crippen molar-refractivity contribution in [1.82, 2.24) is 4.57 Å². The van der Waals surface area contributed by atoms with E-state index < -0.39 is 0 Å². The predicted octanol–water partition coefficient (Wildman–Crippen LogP) is 2.59. The molecule has 0 aliphatic carbocycles. The Morgan fingerprint density at radius 2 is 1.82 bits per heavy atom. The van der Waals surface area contributed by atoms with E-state index in [0.717, 1.165) is 23.0 Å². The molecule has 0 bridgehead atoms. The van der Waals surface area contributed by atoms with Crippen molar-refractivity contribution in [2.45, 2.75) is 26.7 Å². The number of rotatable bonds is 3. The summed E-state index contributed by atoms with van der Waals surface area (Å²) in [6.07, 6.45) is 2.37. The second-order valence-electron chi connectivity index (χ2n) is 5.05. The fourth-order valence-electron chi connectivity index (χ4n) is 2.28. The molecule has 90 valence electrons. The third-order valence-corrected chi connectivity index (χ3v) is 3.80. The fraction of sp³-hybridized carbons (Fsp3) is 0.375. The minimum atomic E-state index is 0.739. The maximum atomic E-state index is 4.13. The first-order chi connectivity index (χ1) is 8.04. The summed E-state index contributed by atoms with van der Waals surface area (Å²) in [5, 5.41) is 4.60. The lowest BCUT2D eigenvalue weighted by Gasteiger charge is -2.08. The van der Waals surface area contributed by atoms with Gasteiger partial charge in [-0.15, -0.1) is 0 Å². The van der Waals surface area contributed by atoms with Gasteiger partial charge in [0, 0.05) is 28.5 Å². The molecule has 0 spiro atoms. The highest BCUT2D eigenvalue weighted by Crippen LogP contribution is 2.15. The topological polar surface area (TPSA) is 4.93 Å². The van der Waals surface area contributed by atoms with Crippen molar-refractivity contribution >= 4 is 23.9 Å². The van der Waals surface area contributed by atoms with Gasteiger partial charge in [0.1, 0.15) is 0 Å². The van der Waals surface area contributed by atoms with Crippen LogP contribution in [0.1, 0.15) is 25.8 Å². The summed E-state index contributed by atoms with van der Waals surface area (Å²) in [7, 11) is 2.03. The van der Waals surface area contributed by atoms with Gasteiger partial charge < -0.3 is 4.57 Å². The van der Waals surface area contributed by atoms with Gasteiger partial charge in [0.05, 0.1) is 0 Å². The van der Waals surface area contributed by atoms with Crippen LogP contribution in [0.5, 0.6) is 0 Å². The summed E-state index contributed by atoms with van der Waals surface area (Å²) >= 11 is 0. The van der Waals surface area contributed by atoms with E-state index in [4.69, 9.17) is 0 Å². The Hall–Kier alpha value is -1.50. The largest absolute Gasteiger partial charge is 0.345 e. The van der Waals surface area contributed by atoms with Crippen LogP contribution in [-0.2, 0) is 13.5 Å². The van der Waals surface area contributed by atoms with Crippen LogP contribution in [0.25, 0.3) is 23.9 Å². The van der Waals surface area contributed by atoms with Crippen LogP contribution in [0.15, 0.2) is 18.2 Å². The first kappa shape index (κ1) is 12.0. The molecule has 1 heteroatoms. The van der Waals surface area contributed by atoms with Crippen molar-refractivity contribution in [1.29, 1.82) is 0 Å².